The molecule has 2 heterocycles. The first kappa shape index (κ1) is 20.2. The summed E-state index contributed by atoms with van der Waals surface area (Å²) in [5.74, 6) is 0.375. The summed E-state index contributed by atoms with van der Waals surface area (Å²) in [7, 11) is -3.66. The lowest BCUT2D eigenvalue weighted by Gasteiger charge is -2.31. The predicted molar refractivity (Wildman–Crippen MR) is 107 cm³/mol. The molecule has 0 saturated carbocycles. The number of benzene rings is 1. The molecule has 0 aromatic heterocycles. The normalized spacial score (nSPS) is 22.1. The van der Waals surface area contributed by atoms with E-state index in [0.29, 0.717) is 24.7 Å². The molecule has 1 saturated heterocycles. The molecule has 1 aromatic rings. The summed E-state index contributed by atoms with van der Waals surface area (Å²) in [5.41, 5.74) is 0.521. The molecule has 0 radical (unpaired) electrons. The van der Waals surface area contributed by atoms with Crippen LogP contribution in [0.3, 0.4) is 0 Å². The number of nitrogens with one attached hydrogen (secondary N) is 1. The fourth-order valence-electron chi connectivity index (χ4n) is 3.34. The van der Waals surface area contributed by atoms with Crippen LogP contribution in [0.15, 0.2) is 28.0 Å². The number of likely N-dealkylation sites (tertiary alicyclic amines) is 1. The van der Waals surface area contributed by atoms with Gasteiger partial charge in [-0.15, -0.1) is 11.8 Å². The summed E-state index contributed by atoms with van der Waals surface area (Å²) in [6.45, 7) is 6.96. The Kier molecular flexibility index (Phi) is 5.86. The maximum atomic E-state index is 12.9. The second-order valence-corrected chi connectivity index (χ2v) is 11.3. The van der Waals surface area contributed by atoms with Crippen LogP contribution in [0.4, 0.5) is 5.69 Å². The van der Waals surface area contributed by atoms with E-state index in [1.807, 2.05) is 6.92 Å². The third kappa shape index (κ3) is 4.32. The lowest BCUT2D eigenvalue weighted by atomic mass is 9.99. The van der Waals surface area contributed by atoms with E-state index < -0.39 is 15.1 Å². The third-order valence-electron chi connectivity index (χ3n) is 5.34. The molecule has 2 aliphatic heterocycles. The monoisotopic (exact) mass is 410 g/mol. The molecular formula is C19H26N2O4S2. The van der Waals surface area contributed by atoms with Crippen molar-refractivity contribution in [3.05, 3.63) is 18.2 Å². The SMILES string of the molecule is CC1CCN(C(=O)C[C@@H](C)S(=O)(=O)c2ccc3c(c2)NC(=O)[C@@H](C)S3)CC1. The zero-order valence-electron chi connectivity index (χ0n) is 15.9. The summed E-state index contributed by atoms with van der Waals surface area (Å²) in [5, 5.41) is 1.74. The Morgan fingerprint density at radius 1 is 1.30 bits per heavy atom. The number of amides is 2. The Morgan fingerprint density at radius 2 is 1.96 bits per heavy atom. The molecule has 6 nitrogen and oxygen atoms in total. The van der Waals surface area contributed by atoms with Gasteiger partial charge in [0.25, 0.3) is 0 Å². The van der Waals surface area contributed by atoms with Gasteiger partial charge in [0, 0.05) is 24.4 Å². The number of rotatable bonds is 4. The fraction of sp³-hybridized carbons (Fsp3) is 0.579. The van der Waals surface area contributed by atoms with E-state index in [1.54, 1.807) is 24.0 Å². The maximum absolute atomic E-state index is 12.9. The molecule has 1 N–H and O–H groups in total. The van der Waals surface area contributed by atoms with E-state index in [1.165, 1.54) is 17.8 Å². The van der Waals surface area contributed by atoms with Gasteiger partial charge in [-0.1, -0.05) is 6.92 Å². The Labute approximate surface area is 165 Å². The molecular weight excluding hydrogens is 384 g/mol. The van der Waals surface area contributed by atoms with Crippen molar-refractivity contribution in [2.45, 2.75) is 60.3 Å². The first-order valence-electron chi connectivity index (χ1n) is 9.31. The molecule has 0 spiro atoms. The second-order valence-electron chi connectivity index (χ2n) is 7.53. The van der Waals surface area contributed by atoms with Gasteiger partial charge in [0.1, 0.15) is 0 Å². The molecule has 0 aliphatic carbocycles. The molecule has 0 bridgehead atoms. The Hall–Kier alpha value is -1.54. The van der Waals surface area contributed by atoms with Gasteiger partial charge in [-0.2, -0.15) is 0 Å². The summed E-state index contributed by atoms with van der Waals surface area (Å²) in [6, 6.07) is 4.79. The average molecular weight is 411 g/mol. The van der Waals surface area contributed by atoms with Gasteiger partial charge in [0.2, 0.25) is 11.8 Å². The largest absolute Gasteiger partial charge is 0.343 e. The molecule has 0 unspecified atom stereocenters. The molecule has 2 atom stereocenters. The van der Waals surface area contributed by atoms with Crippen LogP contribution in [0.5, 0.6) is 0 Å². The highest BCUT2D eigenvalue weighted by molar-refractivity contribution is 8.01. The highest BCUT2D eigenvalue weighted by atomic mass is 32.2. The number of carbonyl (C=O) groups excluding carboxylic acids is 2. The van der Waals surface area contributed by atoms with Crippen LogP contribution < -0.4 is 5.32 Å². The number of hydrogen-bond acceptors (Lipinski definition) is 5. The summed E-state index contributed by atoms with van der Waals surface area (Å²) in [4.78, 5) is 27.1. The van der Waals surface area contributed by atoms with Crippen LogP contribution in [0, 0.1) is 5.92 Å². The van der Waals surface area contributed by atoms with Crippen molar-refractivity contribution in [3.8, 4) is 0 Å². The Balaban J connectivity index is 1.73. The average Bonchev–Trinajstić information content (AvgIpc) is 2.62. The Morgan fingerprint density at radius 3 is 2.63 bits per heavy atom. The summed E-state index contributed by atoms with van der Waals surface area (Å²) in [6.07, 6.45) is 1.91. The quantitative estimate of drug-likeness (QED) is 0.825. The number of anilines is 1. The van der Waals surface area contributed by atoms with Crippen molar-refractivity contribution < 1.29 is 18.0 Å². The van der Waals surface area contributed by atoms with E-state index in [-0.39, 0.29) is 28.4 Å². The van der Waals surface area contributed by atoms with Gasteiger partial charge >= 0.3 is 0 Å². The highest BCUT2D eigenvalue weighted by Crippen LogP contribution is 2.37. The standard InChI is InChI=1S/C19H26N2O4S2/c1-12-6-8-21(9-7-12)18(22)10-13(2)27(24,25)15-4-5-17-16(11-15)20-19(23)14(3)26-17/h4-5,11-14H,6-10H2,1-3H3,(H,20,23)/t13-,14-/m1/s1. The van der Waals surface area contributed by atoms with Gasteiger partial charge in [-0.25, -0.2) is 8.42 Å². The number of carbonyl (C=O) groups is 2. The molecule has 27 heavy (non-hydrogen) atoms. The fourth-order valence-corrected chi connectivity index (χ4v) is 5.64. The van der Waals surface area contributed by atoms with Crippen LogP contribution in [0.25, 0.3) is 0 Å². The van der Waals surface area contributed by atoms with Crippen molar-refractivity contribution in [3.63, 3.8) is 0 Å². The number of thioether (sulfide) groups is 1. The number of sulfone groups is 1. The summed E-state index contributed by atoms with van der Waals surface area (Å²) < 4.78 is 25.9. The zero-order chi connectivity index (χ0) is 19.8. The molecule has 1 aromatic carbocycles. The van der Waals surface area contributed by atoms with Crippen LogP contribution in [0.2, 0.25) is 0 Å². The molecule has 8 heteroatoms. The van der Waals surface area contributed by atoms with Gasteiger partial charge < -0.3 is 10.2 Å². The van der Waals surface area contributed by atoms with Crippen LogP contribution in [-0.4, -0.2) is 48.7 Å². The van der Waals surface area contributed by atoms with Crippen molar-refractivity contribution in [2.75, 3.05) is 18.4 Å². The molecule has 3 rings (SSSR count). The smallest absolute Gasteiger partial charge is 0.237 e. The number of fused-ring (bicyclic) bond motifs is 1. The highest BCUT2D eigenvalue weighted by Gasteiger charge is 2.31. The van der Waals surface area contributed by atoms with E-state index >= 15 is 0 Å². The zero-order valence-corrected chi connectivity index (χ0v) is 17.5. The van der Waals surface area contributed by atoms with E-state index in [0.717, 1.165) is 17.7 Å². The topological polar surface area (TPSA) is 83.6 Å². The van der Waals surface area contributed by atoms with Crippen LogP contribution in [-0.2, 0) is 19.4 Å². The number of piperidine rings is 1. The maximum Gasteiger partial charge on any atom is 0.237 e. The lowest BCUT2D eigenvalue weighted by molar-refractivity contribution is -0.132. The summed E-state index contributed by atoms with van der Waals surface area (Å²) >= 11 is 1.41. The van der Waals surface area contributed by atoms with Gasteiger partial charge in [-0.05, 0) is 50.8 Å². The van der Waals surface area contributed by atoms with Crippen LogP contribution in [0.1, 0.15) is 40.0 Å². The molecule has 2 amide bonds. The van der Waals surface area contributed by atoms with Crippen molar-refractivity contribution in [2.24, 2.45) is 5.92 Å². The first-order valence-corrected chi connectivity index (χ1v) is 11.7. The minimum Gasteiger partial charge on any atom is -0.343 e. The molecule has 1 fully saturated rings. The first-order chi connectivity index (χ1) is 12.7. The van der Waals surface area contributed by atoms with Gasteiger partial charge in [0.05, 0.1) is 21.1 Å². The van der Waals surface area contributed by atoms with Crippen molar-refractivity contribution in [1.82, 2.24) is 4.90 Å². The molecule has 2 aliphatic rings. The number of hydrogen-bond donors (Lipinski definition) is 1. The van der Waals surface area contributed by atoms with E-state index in [9.17, 15) is 18.0 Å². The van der Waals surface area contributed by atoms with Crippen molar-refractivity contribution >= 4 is 39.1 Å². The van der Waals surface area contributed by atoms with Crippen molar-refractivity contribution in [1.29, 1.82) is 0 Å². The minimum absolute atomic E-state index is 0.0219. The Bertz CT molecular complexity index is 845. The predicted octanol–water partition coefficient (Wildman–Crippen LogP) is 2.93. The number of nitrogens with zero attached hydrogens (tertiary/aromatic N) is 1. The van der Waals surface area contributed by atoms with E-state index in [2.05, 4.69) is 12.2 Å². The van der Waals surface area contributed by atoms with E-state index in [4.69, 9.17) is 0 Å². The molecule has 148 valence electrons. The minimum atomic E-state index is -3.66. The van der Waals surface area contributed by atoms with Crippen LogP contribution >= 0.6 is 11.8 Å². The second kappa shape index (κ2) is 7.83. The van der Waals surface area contributed by atoms with Gasteiger partial charge in [-0.3, -0.25) is 9.59 Å². The lowest BCUT2D eigenvalue weighted by Crippen LogP contribution is -2.40. The third-order valence-corrected chi connectivity index (χ3v) is 8.65. The van der Waals surface area contributed by atoms with Gasteiger partial charge in [0.15, 0.2) is 9.84 Å².